The van der Waals surface area contributed by atoms with E-state index in [1.54, 1.807) is 0 Å². The second kappa shape index (κ2) is 38.6. The first-order valence-electron chi connectivity index (χ1n) is 21.9. The van der Waals surface area contributed by atoms with Gasteiger partial charge in [-0.15, -0.1) is 0 Å². The summed E-state index contributed by atoms with van der Waals surface area (Å²) in [6.07, 6.45) is 36.6. The van der Waals surface area contributed by atoms with E-state index in [1.165, 1.54) is 135 Å². The molecule has 0 bridgehead atoms. The quantitative estimate of drug-likeness (QED) is 0.0359. The zero-order valence-electron chi connectivity index (χ0n) is 33.9. The van der Waals surface area contributed by atoms with Gasteiger partial charge in [0.25, 0.3) is 0 Å². The van der Waals surface area contributed by atoms with Crippen LogP contribution in [-0.4, -0.2) is 37.2 Å². The van der Waals surface area contributed by atoms with Gasteiger partial charge in [0.1, 0.15) is 13.2 Å². The molecule has 0 saturated heterocycles. The molecule has 6 nitrogen and oxygen atoms in total. The monoisotopic (exact) mass is 709 g/mol. The molecule has 0 aliphatic heterocycles. The average molecular weight is 709 g/mol. The van der Waals surface area contributed by atoms with Crippen LogP contribution < -0.4 is 0 Å². The van der Waals surface area contributed by atoms with Crippen LogP contribution in [0.15, 0.2) is 0 Å². The van der Waals surface area contributed by atoms with Crippen LogP contribution in [0.1, 0.15) is 240 Å². The highest BCUT2D eigenvalue weighted by atomic mass is 16.6. The van der Waals surface area contributed by atoms with E-state index in [-0.39, 0.29) is 31.1 Å². The van der Waals surface area contributed by atoms with Crippen molar-refractivity contribution in [2.75, 3.05) is 13.2 Å². The van der Waals surface area contributed by atoms with E-state index in [4.69, 9.17) is 14.2 Å². The highest BCUT2D eigenvalue weighted by Crippen LogP contribution is 2.16. The van der Waals surface area contributed by atoms with Gasteiger partial charge in [-0.25, -0.2) is 0 Å². The minimum atomic E-state index is -0.758. The predicted octanol–water partition coefficient (Wildman–Crippen LogP) is 13.6. The Balaban J connectivity index is 4.34. The van der Waals surface area contributed by atoms with Crippen LogP contribution in [0.3, 0.4) is 0 Å². The molecule has 0 heterocycles. The van der Waals surface area contributed by atoms with Crippen molar-refractivity contribution >= 4 is 17.9 Å². The zero-order valence-corrected chi connectivity index (χ0v) is 33.9. The number of rotatable bonds is 39. The number of carbonyl (C=O) groups excluding carboxylic acids is 3. The SMILES string of the molecule is CCCCCCCCCCCCCCCC(=O)O[C@H](COC(=O)CCCCCCCCCCC)COC(=O)CCCCCCCCC(C)CC. The first-order chi connectivity index (χ1) is 24.4. The molecule has 0 amide bonds. The standard InChI is InChI=1S/C44H84O6/c1-5-8-10-12-14-16-17-18-19-21-23-29-33-37-44(47)50-41(38-48-42(45)35-31-27-22-20-15-13-11-9-6-2)39-49-43(46)36-32-28-25-24-26-30-34-40(4)7-3/h40-41H,5-39H2,1-4H3/t40?,41-/m1/s1. The molecule has 0 N–H and O–H groups in total. The van der Waals surface area contributed by atoms with Gasteiger partial charge in [0, 0.05) is 19.3 Å². The number of unbranched alkanes of at least 4 members (excludes halogenated alkanes) is 25. The second-order valence-electron chi connectivity index (χ2n) is 15.2. The smallest absolute Gasteiger partial charge is 0.306 e. The topological polar surface area (TPSA) is 78.9 Å². The molecule has 296 valence electrons. The van der Waals surface area contributed by atoms with Crippen molar-refractivity contribution in [1.82, 2.24) is 0 Å². The Kier molecular flexibility index (Phi) is 37.4. The summed E-state index contributed by atoms with van der Waals surface area (Å²) in [7, 11) is 0. The molecule has 0 aliphatic rings. The van der Waals surface area contributed by atoms with E-state index >= 15 is 0 Å². The number of hydrogen-bond donors (Lipinski definition) is 0. The summed E-state index contributed by atoms with van der Waals surface area (Å²) in [5.74, 6) is -0.0472. The lowest BCUT2D eigenvalue weighted by Gasteiger charge is -2.18. The lowest BCUT2D eigenvalue weighted by molar-refractivity contribution is -0.167. The summed E-state index contributed by atoms with van der Waals surface area (Å²) in [5.41, 5.74) is 0. The Morgan fingerprint density at radius 1 is 0.400 bits per heavy atom. The molecule has 0 spiro atoms. The minimum Gasteiger partial charge on any atom is -0.462 e. The van der Waals surface area contributed by atoms with Crippen molar-refractivity contribution < 1.29 is 28.6 Å². The summed E-state index contributed by atoms with van der Waals surface area (Å²) in [5, 5.41) is 0. The fourth-order valence-electron chi connectivity index (χ4n) is 6.42. The van der Waals surface area contributed by atoms with E-state index < -0.39 is 6.10 Å². The highest BCUT2D eigenvalue weighted by molar-refractivity contribution is 5.71. The Morgan fingerprint density at radius 3 is 1.04 bits per heavy atom. The fourth-order valence-corrected chi connectivity index (χ4v) is 6.42. The third-order valence-corrected chi connectivity index (χ3v) is 10.2. The normalized spacial score (nSPS) is 12.5. The maximum absolute atomic E-state index is 12.7. The summed E-state index contributed by atoms with van der Waals surface area (Å²) in [6.45, 7) is 8.94. The number of hydrogen-bond acceptors (Lipinski definition) is 6. The van der Waals surface area contributed by atoms with E-state index in [2.05, 4.69) is 27.7 Å². The Hall–Kier alpha value is -1.59. The molecular weight excluding hydrogens is 624 g/mol. The van der Waals surface area contributed by atoms with Gasteiger partial charge in [-0.2, -0.15) is 0 Å². The van der Waals surface area contributed by atoms with Gasteiger partial charge in [-0.3, -0.25) is 14.4 Å². The molecular formula is C44H84O6. The average Bonchev–Trinajstić information content (AvgIpc) is 3.11. The molecule has 0 saturated carbocycles. The highest BCUT2D eigenvalue weighted by Gasteiger charge is 2.19. The first kappa shape index (κ1) is 48.4. The van der Waals surface area contributed by atoms with Gasteiger partial charge in [0.05, 0.1) is 0 Å². The van der Waals surface area contributed by atoms with Crippen LogP contribution in [0.25, 0.3) is 0 Å². The van der Waals surface area contributed by atoms with Crippen LogP contribution in [0, 0.1) is 5.92 Å². The summed E-state index contributed by atoms with van der Waals surface area (Å²) >= 11 is 0. The molecule has 0 aromatic carbocycles. The van der Waals surface area contributed by atoms with Gasteiger partial charge < -0.3 is 14.2 Å². The molecule has 50 heavy (non-hydrogen) atoms. The number of carbonyl (C=O) groups is 3. The first-order valence-corrected chi connectivity index (χ1v) is 21.9. The van der Waals surface area contributed by atoms with Gasteiger partial charge in [0.15, 0.2) is 6.10 Å². The number of esters is 3. The van der Waals surface area contributed by atoms with Gasteiger partial charge in [-0.1, -0.05) is 201 Å². The summed E-state index contributed by atoms with van der Waals surface area (Å²) in [4.78, 5) is 37.6. The zero-order chi connectivity index (χ0) is 36.8. The third kappa shape index (κ3) is 36.2. The maximum Gasteiger partial charge on any atom is 0.306 e. The summed E-state index contributed by atoms with van der Waals surface area (Å²) in [6, 6.07) is 0. The molecule has 0 aromatic rings. The fraction of sp³-hybridized carbons (Fsp3) is 0.932. The van der Waals surface area contributed by atoms with E-state index in [9.17, 15) is 14.4 Å². The molecule has 0 aliphatic carbocycles. The molecule has 0 rings (SSSR count). The van der Waals surface area contributed by atoms with Crippen LogP contribution in [0.4, 0.5) is 0 Å². The number of ether oxygens (including phenoxy) is 3. The lowest BCUT2D eigenvalue weighted by atomic mass is 10.00. The lowest BCUT2D eigenvalue weighted by Crippen LogP contribution is -2.30. The molecule has 1 unspecified atom stereocenters. The summed E-state index contributed by atoms with van der Waals surface area (Å²) < 4.78 is 16.7. The molecule has 0 fully saturated rings. The molecule has 0 aromatic heterocycles. The van der Waals surface area contributed by atoms with Crippen molar-refractivity contribution in [2.24, 2.45) is 5.92 Å². The van der Waals surface area contributed by atoms with Crippen LogP contribution in [0.2, 0.25) is 0 Å². The minimum absolute atomic E-state index is 0.0649. The predicted molar refractivity (Wildman–Crippen MR) is 210 cm³/mol. The van der Waals surface area contributed by atoms with Crippen LogP contribution >= 0.6 is 0 Å². The van der Waals surface area contributed by atoms with Gasteiger partial charge in [0.2, 0.25) is 0 Å². The van der Waals surface area contributed by atoms with E-state index in [0.717, 1.165) is 63.7 Å². The van der Waals surface area contributed by atoms with Crippen molar-refractivity contribution in [3.05, 3.63) is 0 Å². The van der Waals surface area contributed by atoms with Crippen LogP contribution in [-0.2, 0) is 28.6 Å². The Morgan fingerprint density at radius 2 is 0.700 bits per heavy atom. The van der Waals surface area contributed by atoms with Gasteiger partial charge >= 0.3 is 17.9 Å². The van der Waals surface area contributed by atoms with Gasteiger partial charge in [-0.05, 0) is 25.2 Å². The Labute approximate surface area is 310 Å². The van der Waals surface area contributed by atoms with Crippen molar-refractivity contribution in [1.29, 1.82) is 0 Å². The molecule has 2 atom stereocenters. The van der Waals surface area contributed by atoms with Crippen molar-refractivity contribution in [3.63, 3.8) is 0 Å². The maximum atomic E-state index is 12.7. The second-order valence-corrected chi connectivity index (χ2v) is 15.2. The third-order valence-electron chi connectivity index (χ3n) is 10.2. The molecule has 6 heteroatoms. The molecule has 0 radical (unpaired) electrons. The van der Waals surface area contributed by atoms with Crippen molar-refractivity contribution in [3.8, 4) is 0 Å². The Bertz CT molecular complexity index is 753. The van der Waals surface area contributed by atoms with E-state index in [1.807, 2.05) is 0 Å². The largest absolute Gasteiger partial charge is 0.462 e. The van der Waals surface area contributed by atoms with E-state index in [0.29, 0.717) is 19.3 Å². The van der Waals surface area contributed by atoms with Crippen molar-refractivity contribution in [2.45, 2.75) is 246 Å². The van der Waals surface area contributed by atoms with Crippen LogP contribution in [0.5, 0.6) is 0 Å².